The third-order valence-electron chi connectivity index (χ3n) is 2.53. The van der Waals surface area contributed by atoms with Gasteiger partial charge in [0.2, 0.25) is 6.20 Å². The molecular weight excluding hydrogens is 270 g/mol. The number of ether oxygens (including phenoxy) is 2. The molecule has 104 valence electrons. The van der Waals surface area contributed by atoms with E-state index >= 15 is 0 Å². The number of benzene rings is 1. The van der Waals surface area contributed by atoms with Crippen LogP contribution in [0, 0.1) is 10.1 Å². The van der Waals surface area contributed by atoms with Crippen LogP contribution in [0.1, 0.15) is 25.8 Å². The maximum absolute atomic E-state index is 10.3. The minimum Gasteiger partial charge on any atom is -0.493 e. The molecule has 0 aliphatic carbocycles. The van der Waals surface area contributed by atoms with E-state index in [9.17, 15) is 10.1 Å². The van der Waals surface area contributed by atoms with Crippen molar-refractivity contribution >= 4 is 17.7 Å². The number of hydrogen-bond acceptors (Lipinski definition) is 4. The van der Waals surface area contributed by atoms with Crippen LogP contribution in [-0.2, 0) is 0 Å². The van der Waals surface area contributed by atoms with E-state index in [4.69, 9.17) is 21.1 Å². The first kappa shape index (κ1) is 15.3. The van der Waals surface area contributed by atoms with Crippen molar-refractivity contribution in [2.75, 3.05) is 7.11 Å². The minimum atomic E-state index is -0.538. The van der Waals surface area contributed by atoms with Crippen molar-refractivity contribution in [3.8, 4) is 11.5 Å². The van der Waals surface area contributed by atoms with Gasteiger partial charge in [0.05, 0.1) is 23.2 Å². The van der Waals surface area contributed by atoms with Gasteiger partial charge in [0, 0.05) is 6.08 Å². The van der Waals surface area contributed by atoms with Crippen LogP contribution in [0.15, 0.2) is 18.3 Å². The highest BCUT2D eigenvalue weighted by Gasteiger charge is 2.13. The van der Waals surface area contributed by atoms with Gasteiger partial charge in [-0.15, -0.1) is 0 Å². The van der Waals surface area contributed by atoms with Gasteiger partial charge in [0.15, 0.2) is 11.5 Å². The van der Waals surface area contributed by atoms with Crippen LogP contribution in [0.25, 0.3) is 6.08 Å². The summed E-state index contributed by atoms with van der Waals surface area (Å²) in [4.78, 5) is 9.76. The molecule has 0 saturated carbocycles. The summed E-state index contributed by atoms with van der Waals surface area (Å²) in [6.45, 7) is 3.93. The topological polar surface area (TPSA) is 61.6 Å². The van der Waals surface area contributed by atoms with Gasteiger partial charge < -0.3 is 9.47 Å². The summed E-state index contributed by atoms with van der Waals surface area (Å²) >= 11 is 6.12. The van der Waals surface area contributed by atoms with E-state index in [2.05, 4.69) is 0 Å². The molecule has 0 saturated heterocycles. The number of hydrogen-bond donors (Lipinski definition) is 0. The van der Waals surface area contributed by atoms with Crippen molar-refractivity contribution in [2.24, 2.45) is 0 Å². The summed E-state index contributed by atoms with van der Waals surface area (Å²) in [5.41, 5.74) is 0.579. The van der Waals surface area contributed by atoms with Gasteiger partial charge in [-0.3, -0.25) is 10.1 Å². The molecule has 1 aromatic rings. The van der Waals surface area contributed by atoms with Gasteiger partial charge in [0.25, 0.3) is 0 Å². The van der Waals surface area contributed by atoms with Crippen LogP contribution in [0.2, 0.25) is 5.02 Å². The lowest BCUT2D eigenvalue weighted by Gasteiger charge is -2.17. The summed E-state index contributed by atoms with van der Waals surface area (Å²) < 4.78 is 10.9. The van der Waals surface area contributed by atoms with E-state index in [1.807, 2.05) is 13.8 Å². The summed E-state index contributed by atoms with van der Waals surface area (Å²) in [7, 11) is 1.50. The first-order chi connectivity index (χ1) is 8.97. The van der Waals surface area contributed by atoms with E-state index < -0.39 is 4.92 Å². The fourth-order valence-electron chi connectivity index (χ4n) is 1.38. The second kappa shape index (κ2) is 6.99. The van der Waals surface area contributed by atoms with Crippen LogP contribution in [0.4, 0.5) is 0 Å². The number of rotatable bonds is 6. The second-order valence-corrected chi connectivity index (χ2v) is 4.38. The number of nitro groups is 1. The Kier molecular flexibility index (Phi) is 5.63. The summed E-state index contributed by atoms with van der Waals surface area (Å²) in [5, 5.41) is 10.7. The van der Waals surface area contributed by atoms with Crippen LogP contribution >= 0.6 is 11.6 Å². The lowest BCUT2D eigenvalue weighted by atomic mass is 10.2. The Labute approximate surface area is 116 Å². The quantitative estimate of drug-likeness (QED) is 0.589. The molecule has 0 amide bonds. The lowest BCUT2D eigenvalue weighted by molar-refractivity contribution is -0.400. The predicted molar refractivity (Wildman–Crippen MR) is 74.4 cm³/mol. The molecule has 6 heteroatoms. The van der Waals surface area contributed by atoms with Crippen molar-refractivity contribution in [1.82, 2.24) is 0 Å². The third kappa shape index (κ3) is 4.44. The second-order valence-electron chi connectivity index (χ2n) is 3.97. The summed E-state index contributed by atoms with van der Waals surface area (Å²) in [6.07, 6.45) is 3.04. The van der Waals surface area contributed by atoms with Gasteiger partial charge in [-0.25, -0.2) is 0 Å². The van der Waals surface area contributed by atoms with Gasteiger partial charge >= 0.3 is 0 Å². The maximum atomic E-state index is 10.3. The van der Waals surface area contributed by atoms with Crippen LogP contribution in [0.3, 0.4) is 0 Å². The molecule has 1 rings (SSSR count). The molecule has 0 spiro atoms. The zero-order chi connectivity index (χ0) is 14.4. The Balaban J connectivity index is 3.10. The third-order valence-corrected chi connectivity index (χ3v) is 2.82. The van der Waals surface area contributed by atoms with Gasteiger partial charge in [-0.05, 0) is 31.0 Å². The highest BCUT2D eigenvalue weighted by molar-refractivity contribution is 6.32. The molecule has 0 heterocycles. The smallest absolute Gasteiger partial charge is 0.235 e. The Bertz CT molecular complexity index is 488. The number of nitrogens with zero attached hydrogens (tertiary/aromatic N) is 1. The first-order valence-corrected chi connectivity index (χ1v) is 6.21. The Morgan fingerprint density at radius 3 is 2.74 bits per heavy atom. The Morgan fingerprint density at radius 1 is 1.53 bits per heavy atom. The molecule has 19 heavy (non-hydrogen) atoms. The van der Waals surface area contributed by atoms with Crippen molar-refractivity contribution in [3.63, 3.8) is 0 Å². The zero-order valence-corrected chi connectivity index (χ0v) is 11.8. The molecule has 0 radical (unpaired) electrons. The molecular formula is C13H16ClNO4. The largest absolute Gasteiger partial charge is 0.493 e. The zero-order valence-electron chi connectivity index (χ0n) is 11.1. The van der Waals surface area contributed by atoms with Crippen molar-refractivity contribution < 1.29 is 14.4 Å². The average Bonchev–Trinajstić information content (AvgIpc) is 2.38. The molecule has 0 aromatic heterocycles. The van der Waals surface area contributed by atoms with Crippen molar-refractivity contribution in [3.05, 3.63) is 39.0 Å². The predicted octanol–water partition coefficient (Wildman–Crippen LogP) is 3.77. The molecule has 0 N–H and O–H groups in total. The summed E-state index contributed by atoms with van der Waals surface area (Å²) in [5.74, 6) is 0.910. The van der Waals surface area contributed by atoms with Crippen molar-refractivity contribution in [1.29, 1.82) is 0 Å². The molecule has 0 fully saturated rings. The molecule has 1 aromatic carbocycles. The van der Waals surface area contributed by atoms with Crippen LogP contribution in [-0.4, -0.2) is 18.1 Å². The molecule has 0 aliphatic heterocycles. The molecule has 0 aliphatic rings. The van der Waals surface area contributed by atoms with Crippen LogP contribution < -0.4 is 9.47 Å². The van der Waals surface area contributed by atoms with Crippen LogP contribution in [0.5, 0.6) is 11.5 Å². The van der Waals surface area contributed by atoms with E-state index in [0.717, 1.165) is 12.6 Å². The molecule has 1 unspecified atom stereocenters. The van der Waals surface area contributed by atoms with E-state index in [1.165, 1.54) is 13.2 Å². The molecule has 5 nitrogen and oxygen atoms in total. The first-order valence-electron chi connectivity index (χ1n) is 5.83. The van der Waals surface area contributed by atoms with E-state index in [0.29, 0.717) is 22.1 Å². The average molecular weight is 286 g/mol. The molecule has 1 atom stereocenters. The highest BCUT2D eigenvalue weighted by Crippen LogP contribution is 2.37. The fraction of sp³-hybridized carbons (Fsp3) is 0.385. The molecule has 0 bridgehead atoms. The minimum absolute atomic E-state index is 0.00608. The SMILES string of the molecule is CCC(C)Oc1c(Cl)cc(/C=C\[N+](=O)[O-])cc1OC. The van der Waals surface area contributed by atoms with Gasteiger partial charge in [0.1, 0.15) is 0 Å². The Hall–Kier alpha value is -1.75. The standard InChI is InChI=1S/C13H16ClNO4/c1-4-9(2)19-13-11(14)7-10(5-6-15(16)17)8-12(13)18-3/h5-9H,4H2,1-3H3/b6-5-. The Morgan fingerprint density at radius 2 is 2.21 bits per heavy atom. The highest BCUT2D eigenvalue weighted by atomic mass is 35.5. The monoisotopic (exact) mass is 285 g/mol. The van der Waals surface area contributed by atoms with E-state index in [1.54, 1.807) is 12.1 Å². The normalized spacial score (nSPS) is 12.4. The van der Waals surface area contributed by atoms with Gasteiger partial charge in [-0.1, -0.05) is 18.5 Å². The van der Waals surface area contributed by atoms with Crippen molar-refractivity contribution in [2.45, 2.75) is 26.4 Å². The number of halogens is 1. The lowest BCUT2D eigenvalue weighted by Crippen LogP contribution is -2.11. The van der Waals surface area contributed by atoms with Gasteiger partial charge in [-0.2, -0.15) is 0 Å². The summed E-state index contributed by atoms with van der Waals surface area (Å²) in [6, 6.07) is 3.24. The number of methoxy groups -OCH3 is 1. The van der Waals surface area contributed by atoms with E-state index in [-0.39, 0.29) is 6.10 Å². The maximum Gasteiger partial charge on any atom is 0.235 e. The fourth-order valence-corrected chi connectivity index (χ4v) is 1.65.